The number of aryl methyl sites for hydroxylation is 1. The van der Waals surface area contributed by atoms with Gasteiger partial charge in [-0.15, -0.1) is 10.2 Å². The van der Waals surface area contributed by atoms with Crippen molar-refractivity contribution in [3.63, 3.8) is 0 Å². The maximum absolute atomic E-state index is 12.9. The number of rotatable bonds is 5. The summed E-state index contributed by atoms with van der Waals surface area (Å²) in [4.78, 5) is 14.7. The summed E-state index contributed by atoms with van der Waals surface area (Å²) in [5.41, 5.74) is 0.506. The molecular weight excluding hydrogens is 338 g/mol. The number of likely N-dealkylation sites (tertiary alicyclic amines) is 1. The van der Waals surface area contributed by atoms with Gasteiger partial charge in [0.15, 0.2) is 11.5 Å². The molecule has 2 aromatic rings. The van der Waals surface area contributed by atoms with Crippen molar-refractivity contribution < 1.29 is 23.4 Å². The number of hydrogen-bond donors (Lipinski definition) is 0. The molecule has 1 aliphatic heterocycles. The number of aromatic nitrogens is 2. The largest absolute Gasteiger partial charge is 0.493 e. The molecule has 0 saturated carbocycles. The lowest BCUT2D eigenvalue weighted by molar-refractivity contribution is 0.0705. The van der Waals surface area contributed by atoms with E-state index in [9.17, 15) is 4.79 Å². The van der Waals surface area contributed by atoms with Crippen LogP contribution in [0.2, 0.25) is 0 Å². The second-order valence-electron chi connectivity index (χ2n) is 6.14. The summed E-state index contributed by atoms with van der Waals surface area (Å²) in [7, 11) is 4.60. The van der Waals surface area contributed by atoms with Gasteiger partial charge in [0.2, 0.25) is 17.5 Å². The van der Waals surface area contributed by atoms with Crippen LogP contribution in [-0.2, 0) is 0 Å². The fourth-order valence-electron chi connectivity index (χ4n) is 3.19. The van der Waals surface area contributed by atoms with Crippen LogP contribution in [0.15, 0.2) is 16.5 Å². The van der Waals surface area contributed by atoms with Crippen molar-refractivity contribution in [3.8, 4) is 17.2 Å². The van der Waals surface area contributed by atoms with Crippen molar-refractivity contribution in [1.82, 2.24) is 15.1 Å². The minimum atomic E-state index is -0.0654. The van der Waals surface area contributed by atoms with Crippen molar-refractivity contribution in [3.05, 3.63) is 29.5 Å². The summed E-state index contributed by atoms with van der Waals surface area (Å²) >= 11 is 0. The lowest BCUT2D eigenvalue weighted by Gasteiger charge is -2.30. The second kappa shape index (κ2) is 7.63. The quantitative estimate of drug-likeness (QED) is 0.808. The molecule has 1 amide bonds. The number of benzene rings is 1. The highest BCUT2D eigenvalue weighted by Crippen LogP contribution is 2.38. The zero-order valence-electron chi connectivity index (χ0n) is 15.4. The predicted octanol–water partition coefficient (Wildman–Crippen LogP) is 2.42. The van der Waals surface area contributed by atoms with E-state index < -0.39 is 0 Å². The molecule has 1 aromatic carbocycles. The van der Waals surface area contributed by atoms with E-state index in [0.29, 0.717) is 47.7 Å². The summed E-state index contributed by atoms with van der Waals surface area (Å²) in [6.45, 7) is 3.03. The van der Waals surface area contributed by atoms with E-state index in [2.05, 4.69) is 10.2 Å². The molecule has 1 fully saturated rings. The van der Waals surface area contributed by atoms with E-state index >= 15 is 0 Å². The van der Waals surface area contributed by atoms with Gasteiger partial charge in [-0.25, -0.2) is 0 Å². The van der Waals surface area contributed by atoms with E-state index in [1.165, 1.54) is 21.3 Å². The zero-order chi connectivity index (χ0) is 18.7. The average Bonchev–Trinajstić information content (AvgIpc) is 3.12. The number of carbonyl (C=O) groups is 1. The van der Waals surface area contributed by atoms with E-state index in [-0.39, 0.29) is 11.8 Å². The molecule has 0 radical (unpaired) electrons. The molecule has 0 N–H and O–H groups in total. The Hall–Kier alpha value is -2.77. The number of methoxy groups -OCH3 is 3. The lowest BCUT2D eigenvalue weighted by atomic mass is 9.96. The van der Waals surface area contributed by atoms with Gasteiger partial charge in [-0.1, -0.05) is 0 Å². The third-order valence-electron chi connectivity index (χ3n) is 4.58. The highest BCUT2D eigenvalue weighted by atomic mass is 16.5. The fourth-order valence-corrected chi connectivity index (χ4v) is 3.19. The number of piperidine rings is 1. The van der Waals surface area contributed by atoms with E-state index in [1.807, 2.05) is 4.90 Å². The normalized spacial score (nSPS) is 15.0. The Balaban J connectivity index is 1.74. The summed E-state index contributed by atoms with van der Waals surface area (Å²) in [5, 5.41) is 7.98. The molecule has 8 heteroatoms. The fraction of sp³-hybridized carbons (Fsp3) is 0.500. The molecule has 1 aliphatic rings. The first-order valence-electron chi connectivity index (χ1n) is 8.46. The Bertz CT molecular complexity index is 756. The van der Waals surface area contributed by atoms with Gasteiger partial charge in [0.05, 0.1) is 21.3 Å². The molecule has 8 nitrogen and oxygen atoms in total. The minimum absolute atomic E-state index is 0.0654. The molecule has 0 unspecified atom stereocenters. The topological polar surface area (TPSA) is 86.9 Å². The summed E-state index contributed by atoms with van der Waals surface area (Å²) in [5.74, 6) is 2.75. The Labute approximate surface area is 152 Å². The molecule has 3 rings (SSSR count). The van der Waals surface area contributed by atoms with Crippen LogP contribution in [0.25, 0.3) is 0 Å². The molecular formula is C18H23N3O5. The van der Waals surface area contributed by atoms with Crippen LogP contribution < -0.4 is 14.2 Å². The lowest BCUT2D eigenvalue weighted by Crippen LogP contribution is -2.38. The van der Waals surface area contributed by atoms with Crippen LogP contribution in [0.3, 0.4) is 0 Å². The first-order valence-corrected chi connectivity index (χ1v) is 8.46. The average molecular weight is 361 g/mol. The molecule has 1 saturated heterocycles. The first kappa shape index (κ1) is 18.0. The van der Waals surface area contributed by atoms with Crippen LogP contribution in [0.4, 0.5) is 0 Å². The van der Waals surface area contributed by atoms with Gasteiger partial charge in [0, 0.05) is 31.5 Å². The highest BCUT2D eigenvalue weighted by Gasteiger charge is 2.28. The molecule has 1 aromatic heterocycles. The van der Waals surface area contributed by atoms with Crippen molar-refractivity contribution in [2.75, 3.05) is 34.4 Å². The van der Waals surface area contributed by atoms with Gasteiger partial charge in [0.25, 0.3) is 5.91 Å². The van der Waals surface area contributed by atoms with Gasteiger partial charge in [-0.05, 0) is 25.0 Å². The van der Waals surface area contributed by atoms with Gasteiger partial charge in [-0.2, -0.15) is 0 Å². The van der Waals surface area contributed by atoms with Crippen LogP contribution >= 0.6 is 0 Å². The molecule has 0 bridgehead atoms. The van der Waals surface area contributed by atoms with E-state index in [0.717, 1.165) is 12.8 Å². The number of carbonyl (C=O) groups excluding carboxylic acids is 1. The second-order valence-corrected chi connectivity index (χ2v) is 6.14. The van der Waals surface area contributed by atoms with Gasteiger partial charge in [-0.3, -0.25) is 4.79 Å². The smallest absolute Gasteiger partial charge is 0.254 e. The SMILES string of the molecule is COc1cc(C(=O)N2CCC(c3nnc(C)o3)CC2)cc(OC)c1OC. The maximum atomic E-state index is 12.9. The Kier molecular flexibility index (Phi) is 5.29. The van der Waals surface area contributed by atoms with Crippen LogP contribution in [0.5, 0.6) is 17.2 Å². The molecule has 140 valence electrons. The Morgan fingerprint density at radius 2 is 1.69 bits per heavy atom. The molecule has 2 heterocycles. The third-order valence-corrected chi connectivity index (χ3v) is 4.58. The third kappa shape index (κ3) is 3.44. The predicted molar refractivity (Wildman–Crippen MR) is 93.0 cm³/mol. The monoisotopic (exact) mass is 361 g/mol. The summed E-state index contributed by atoms with van der Waals surface area (Å²) < 4.78 is 21.5. The van der Waals surface area contributed by atoms with E-state index in [4.69, 9.17) is 18.6 Å². The molecule has 0 spiro atoms. The first-order chi connectivity index (χ1) is 12.6. The maximum Gasteiger partial charge on any atom is 0.254 e. The molecule has 0 aliphatic carbocycles. The molecule has 26 heavy (non-hydrogen) atoms. The molecule has 0 atom stereocenters. The number of amides is 1. The van der Waals surface area contributed by atoms with Crippen molar-refractivity contribution >= 4 is 5.91 Å². The van der Waals surface area contributed by atoms with Crippen LogP contribution in [-0.4, -0.2) is 55.4 Å². The van der Waals surface area contributed by atoms with Crippen molar-refractivity contribution in [2.45, 2.75) is 25.7 Å². The Morgan fingerprint density at radius 1 is 1.08 bits per heavy atom. The van der Waals surface area contributed by atoms with E-state index in [1.54, 1.807) is 19.1 Å². The standard InChI is InChI=1S/C18H23N3O5/c1-11-19-20-17(26-11)12-5-7-21(8-6-12)18(22)13-9-14(23-2)16(25-4)15(10-13)24-3/h9-10,12H,5-8H2,1-4H3. The van der Waals surface area contributed by atoms with Gasteiger partial charge < -0.3 is 23.5 Å². The van der Waals surface area contributed by atoms with Crippen molar-refractivity contribution in [2.24, 2.45) is 0 Å². The number of nitrogens with zero attached hydrogens (tertiary/aromatic N) is 3. The minimum Gasteiger partial charge on any atom is -0.493 e. The summed E-state index contributed by atoms with van der Waals surface area (Å²) in [6, 6.07) is 3.36. The number of ether oxygens (including phenoxy) is 3. The highest BCUT2D eigenvalue weighted by molar-refractivity contribution is 5.95. The van der Waals surface area contributed by atoms with Gasteiger partial charge >= 0.3 is 0 Å². The van der Waals surface area contributed by atoms with Crippen LogP contribution in [0, 0.1) is 6.92 Å². The van der Waals surface area contributed by atoms with Crippen LogP contribution in [0.1, 0.15) is 40.9 Å². The summed E-state index contributed by atoms with van der Waals surface area (Å²) in [6.07, 6.45) is 1.58. The number of hydrogen-bond acceptors (Lipinski definition) is 7. The zero-order valence-corrected chi connectivity index (χ0v) is 15.4. The van der Waals surface area contributed by atoms with Crippen molar-refractivity contribution in [1.29, 1.82) is 0 Å². The van der Waals surface area contributed by atoms with Gasteiger partial charge in [0.1, 0.15) is 0 Å². The Morgan fingerprint density at radius 3 is 2.15 bits per heavy atom.